The molecule has 11 heteroatoms. The topological polar surface area (TPSA) is 77.5 Å². The van der Waals surface area contributed by atoms with Gasteiger partial charge >= 0.3 is 20.2 Å². The molecule has 0 radical (unpaired) electrons. The zero-order valence-electron chi connectivity index (χ0n) is 7.37. The summed E-state index contributed by atoms with van der Waals surface area (Å²) in [5.41, 5.74) is 0. The SMILES string of the molecule is O=S1(=O)OS(=O)(=O)c2c(F)c(F)c(F)c(F)c21. The van der Waals surface area contributed by atoms with Gasteiger partial charge in [-0.05, 0) is 0 Å². The van der Waals surface area contributed by atoms with Crippen LogP contribution in [0.1, 0.15) is 0 Å². The second-order valence-corrected chi connectivity index (χ2v) is 6.07. The molecule has 0 fully saturated rings. The Morgan fingerprint density at radius 1 is 0.647 bits per heavy atom. The Bertz CT molecular complexity index is 673. The maximum atomic E-state index is 13.1. The zero-order valence-corrected chi connectivity index (χ0v) is 9.00. The van der Waals surface area contributed by atoms with Crippen LogP contribution in [0.25, 0.3) is 0 Å². The Kier molecular flexibility index (Phi) is 2.29. The number of hydrogen-bond acceptors (Lipinski definition) is 5. The van der Waals surface area contributed by atoms with Crippen molar-refractivity contribution in [1.29, 1.82) is 0 Å². The van der Waals surface area contributed by atoms with E-state index in [1.807, 2.05) is 0 Å². The smallest absolute Gasteiger partial charge is 0.202 e. The molecule has 0 spiro atoms. The van der Waals surface area contributed by atoms with E-state index >= 15 is 0 Å². The number of halogens is 4. The number of hydrogen-bond donors (Lipinski definition) is 0. The van der Waals surface area contributed by atoms with Crippen LogP contribution in [-0.4, -0.2) is 16.8 Å². The highest BCUT2D eigenvalue weighted by Crippen LogP contribution is 2.39. The van der Waals surface area contributed by atoms with Crippen LogP contribution < -0.4 is 0 Å². The van der Waals surface area contributed by atoms with Crippen molar-refractivity contribution < 1.29 is 38.0 Å². The molecule has 0 unspecified atom stereocenters. The first kappa shape index (κ1) is 12.3. The molecule has 5 nitrogen and oxygen atoms in total. The minimum absolute atomic E-state index is 1.87. The van der Waals surface area contributed by atoms with Gasteiger partial charge in [0.15, 0.2) is 33.1 Å². The standard InChI is InChI=1S/C6F4O5S2/c7-1-2(8)4(10)6-5(3(1)9)16(11,12)15-17(6,13)14. The first-order chi connectivity index (χ1) is 7.59. The lowest BCUT2D eigenvalue weighted by Crippen LogP contribution is -2.06. The molecule has 1 heterocycles. The fraction of sp³-hybridized carbons (Fsp3) is 0. The van der Waals surface area contributed by atoms with Gasteiger partial charge in [0.25, 0.3) is 0 Å². The van der Waals surface area contributed by atoms with Crippen LogP contribution in [0.5, 0.6) is 0 Å². The number of rotatable bonds is 0. The van der Waals surface area contributed by atoms with Gasteiger partial charge in [-0.2, -0.15) is 16.8 Å². The summed E-state index contributed by atoms with van der Waals surface area (Å²) in [4.78, 5) is -3.73. The average Bonchev–Trinajstić information content (AvgIpc) is 2.36. The Morgan fingerprint density at radius 2 is 0.941 bits per heavy atom. The van der Waals surface area contributed by atoms with Gasteiger partial charge in [-0.15, -0.1) is 3.63 Å². The Hall–Kier alpha value is -1.20. The van der Waals surface area contributed by atoms with Crippen molar-refractivity contribution in [1.82, 2.24) is 0 Å². The Balaban J connectivity index is 3.15. The molecule has 1 aromatic rings. The first-order valence-corrected chi connectivity index (χ1v) is 6.48. The minimum Gasteiger partial charge on any atom is -0.202 e. The lowest BCUT2D eigenvalue weighted by atomic mass is 10.3. The quantitative estimate of drug-likeness (QED) is 0.398. The molecule has 0 N–H and O–H groups in total. The van der Waals surface area contributed by atoms with E-state index in [4.69, 9.17) is 0 Å². The van der Waals surface area contributed by atoms with Crippen molar-refractivity contribution in [3.63, 3.8) is 0 Å². The Labute approximate surface area is 91.9 Å². The van der Waals surface area contributed by atoms with E-state index in [1.54, 1.807) is 0 Å². The average molecular weight is 292 g/mol. The van der Waals surface area contributed by atoms with Gasteiger partial charge in [-0.25, -0.2) is 17.6 Å². The molecule has 0 atom stereocenters. The summed E-state index contributed by atoms with van der Waals surface area (Å²) < 4.78 is 99.1. The normalized spacial score (nSPS) is 20.2. The van der Waals surface area contributed by atoms with E-state index in [1.165, 1.54) is 0 Å². The summed E-state index contributed by atoms with van der Waals surface area (Å²) in [6, 6.07) is 0. The van der Waals surface area contributed by atoms with Crippen LogP contribution in [0, 0.1) is 23.3 Å². The van der Waals surface area contributed by atoms with E-state index in [2.05, 4.69) is 3.63 Å². The van der Waals surface area contributed by atoms with Crippen LogP contribution in [0.3, 0.4) is 0 Å². The predicted octanol–water partition coefficient (Wildman–Crippen LogP) is 0.651. The van der Waals surface area contributed by atoms with Crippen molar-refractivity contribution in [3.05, 3.63) is 23.3 Å². The molecule has 94 valence electrons. The largest absolute Gasteiger partial charge is 0.316 e. The van der Waals surface area contributed by atoms with E-state index in [0.29, 0.717) is 0 Å². The monoisotopic (exact) mass is 292 g/mol. The maximum Gasteiger partial charge on any atom is 0.316 e. The van der Waals surface area contributed by atoms with Gasteiger partial charge in [0, 0.05) is 0 Å². The lowest BCUT2D eigenvalue weighted by molar-refractivity contribution is 0.381. The van der Waals surface area contributed by atoms with Crippen LogP contribution in [0.4, 0.5) is 17.6 Å². The molecule has 1 aliphatic rings. The van der Waals surface area contributed by atoms with E-state index in [9.17, 15) is 34.4 Å². The fourth-order valence-electron chi connectivity index (χ4n) is 1.22. The van der Waals surface area contributed by atoms with Gasteiger partial charge in [0.2, 0.25) is 0 Å². The van der Waals surface area contributed by atoms with Gasteiger partial charge in [0.05, 0.1) is 0 Å². The van der Waals surface area contributed by atoms with Crippen LogP contribution in [0.15, 0.2) is 9.79 Å². The predicted molar refractivity (Wildman–Crippen MR) is 41.7 cm³/mol. The second-order valence-electron chi connectivity index (χ2n) is 2.89. The van der Waals surface area contributed by atoms with Crippen molar-refractivity contribution >= 4 is 20.2 Å². The molecule has 0 saturated heterocycles. The molecular formula is C6F4O5S2. The number of benzene rings is 1. The highest BCUT2D eigenvalue weighted by Gasteiger charge is 2.48. The summed E-state index contributed by atoms with van der Waals surface area (Å²) in [5, 5.41) is 0. The molecule has 1 aliphatic heterocycles. The second kappa shape index (κ2) is 3.17. The molecule has 0 aromatic heterocycles. The van der Waals surface area contributed by atoms with Crippen molar-refractivity contribution in [3.8, 4) is 0 Å². The van der Waals surface area contributed by atoms with Crippen molar-refractivity contribution in [2.24, 2.45) is 0 Å². The molecule has 1 aromatic carbocycles. The number of fused-ring (bicyclic) bond motifs is 1. The Morgan fingerprint density at radius 3 is 1.24 bits per heavy atom. The summed E-state index contributed by atoms with van der Waals surface area (Å²) in [5.74, 6) is -9.57. The zero-order chi connectivity index (χ0) is 13.2. The van der Waals surface area contributed by atoms with E-state index in [0.717, 1.165) is 0 Å². The fourth-order valence-corrected chi connectivity index (χ4v) is 4.58. The summed E-state index contributed by atoms with van der Waals surface area (Å²) in [7, 11) is -10.4. The van der Waals surface area contributed by atoms with Gasteiger partial charge in [-0.1, -0.05) is 0 Å². The molecule has 2 rings (SSSR count). The van der Waals surface area contributed by atoms with Crippen molar-refractivity contribution in [2.75, 3.05) is 0 Å². The third-order valence-corrected chi connectivity index (χ3v) is 5.19. The molecule has 0 bridgehead atoms. The highest BCUT2D eigenvalue weighted by molar-refractivity contribution is 8.02. The summed E-state index contributed by atoms with van der Waals surface area (Å²) >= 11 is 0. The first-order valence-electron chi connectivity index (χ1n) is 3.66. The highest BCUT2D eigenvalue weighted by atomic mass is 32.3. The van der Waals surface area contributed by atoms with Crippen LogP contribution >= 0.6 is 0 Å². The van der Waals surface area contributed by atoms with E-state index in [-0.39, 0.29) is 0 Å². The molecule has 17 heavy (non-hydrogen) atoms. The van der Waals surface area contributed by atoms with Crippen LogP contribution in [-0.2, 0) is 23.9 Å². The third kappa shape index (κ3) is 1.46. The molecule has 0 aliphatic carbocycles. The van der Waals surface area contributed by atoms with Gasteiger partial charge < -0.3 is 0 Å². The van der Waals surface area contributed by atoms with Crippen molar-refractivity contribution in [2.45, 2.75) is 9.79 Å². The van der Waals surface area contributed by atoms with Gasteiger partial charge in [-0.3, -0.25) is 0 Å². The van der Waals surface area contributed by atoms with Crippen LogP contribution in [0.2, 0.25) is 0 Å². The third-order valence-electron chi connectivity index (χ3n) is 1.86. The summed E-state index contributed by atoms with van der Waals surface area (Å²) in [6.07, 6.45) is 0. The molecule has 0 amide bonds. The molecular weight excluding hydrogens is 292 g/mol. The lowest BCUT2D eigenvalue weighted by Gasteiger charge is -2.01. The van der Waals surface area contributed by atoms with Gasteiger partial charge in [0.1, 0.15) is 0 Å². The summed E-state index contributed by atoms with van der Waals surface area (Å²) in [6.45, 7) is 0. The molecule has 0 saturated carbocycles. The van der Waals surface area contributed by atoms with E-state index < -0.39 is 53.3 Å². The maximum absolute atomic E-state index is 13.1. The minimum atomic E-state index is -5.22.